The first-order valence-corrected chi connectivity index (χ1v) is 2.10. The fraction of sp³-hybridized carbons (Fsp3) is 1.00. The quantitative estimate of drug-likeness (QED) is 0.443. The molecule has 1 aliphatic rings. The number of aliphatic hydroxyl groups excluding tert-OH is 1. The molecule has 0 saturated carbocycles. The van der Waals surface area contributed by atoms with Crippen LogP contribution in [0.15, 0.2) is 0 Å². The maximum atomic E-state index is 8.59. The molecule has 6 heavy (non-hydrogen) atoms. The molecule has 1 N–H and O–H groups in total. The van der Waals surface area contributed by atoms with Crippen molar-refractivity contribution in [1.82, 2.24) is 0 Å². The summed E-state index contributed by atoms with van der Waals surface area (Å²) in [5, 5.41) is 8.59. The third-order valence-electron chi connectivity index (χ3n) is 1.07. The second-order valence-electron chi connectivity index (χ2n) is 1.61. The molecule has 1 aliphatic heterocycles. The van der Waals surface area contributed by atoms with Gasteiger partial charge in [-0.3, -0.25) is 0 Å². The van der Waals surface area contributed by atoms with Crippen LogP contribution < -0.4 is 0 Å². The molecule has 0 aliphatic carbocycles. The van der Waals surface area contributed by atoms with E-state index in [1.165, 1.54) is 0 Å². The van der Waals surface area contributed by atoms with Crippen LogP contribution in [0.2, 0.25) is 0 Å². The highest BCUT2D eigenvalue weighted by Gasteiger charge is 2.24. The Kier molecular flexibility index (Phi) is 0.821. The summed E-state index contributed by atoms with van der Waals surface area (Å²) in [5.41, 5.74) is 0. The third kappa shape index (κ3) is 0.420. The van der Waals surface area contributed by atoms with Crippen molar-refractivity contribution >= 4 is 0 Å². The number of ether oxygens (including phenoxy) is 1. The topological polar surface area (TPSA) is 29.5 Å². The lowest BCUT2D eigenvalue weighted by Crippen LogP contribution is -2.42. The second-order valence-corrected chi connectivity index (χ2v) is 1.61. The van der Waals surface area contributed by atoms with Gasteiger partial charge in [-0.25, -0.2) is 0 Å². The number of hydrogen-bond acceptors (Lipinski definition) is 2. The lowest BCUT2D eigenvalue weighted by Gasteiger charge is -2.28. The maximum absolute atomic E-state index is 8.59. The van der Waals surface area contributed by atoms with Gasteiger partial charge in [-0.15, -0.1) is 0 Å². The van der Waals surface area contributed by atoms with E-state index in [1.54, 1.807) is 0 Å². The summed E-state index contributed by atoms with van der Waals surface area (Å²) < 4.78 is 4.79. The fourth-order valence-corrected chi connectivity index (χ4v) is 0.375. The molecule has 0 aromatic carbocycles. The van der Waals surface area contributed by atoms with E-state index in [0.717, 1.165) is 0 Å². The molecular formula is C4H8O2. The van der Waals surface area contributed by atoms with E-state index in [2.05, 4.69) is 0 Å². The molecule has 1 saturated heterocycles. The Labute approximate surface area is 36.7 Å². The molecule has 0 bridgehead atoms. The molecule has 0 aromatic heterocycles. The average molecular weight is 88.1 g/mol. The van der Waals surface area contributed by atoms with Crippen LogP contribution >= 0.6 is 0 Å². The Morgan fingerprint density at radius 1 is 1.83 bits per heavy atom. The smallest absolute Gasteiger partial charge is 0.103 e. The van der Waals surface area contributed by atoms with Crippen LogP contribution in [0.5, 0.6) is 0 Å². The lowest BCUT2D eigenvalue weighted by atomic mass is 10.2. The van der Waals surface area contributed by atoms with Crippen LogP contribution in [0.25, 0.3) is 0 Å². The molecule has 2 heteroatoms. The Morgan fingerprint density at radius 3 is 2.33 bits per heavy atom. The van der Waals surface area contributed by atoms with Gasteiger partial charge in [-0.2, -0.15) is 0 Å². The van der Waals surface area contributed by atoms with Crippen LogP contribution in [-0.2, 0) is 4.74 Å². The highest BCUT2D eigenvalue weighted by atomic mass is 16.5. The van der Waals surface area contributed by atoms with Gasteiger partial charge >= 0.3 is 0 Å². The summed E-state index contributed by atoms with van der Waals surface area (Å²) in [7, 11) is 0. The molecule has 0 spiro atoms. The van der Waals surface area contributed by atoms with E-state index in [1.807, 2.05) is 6.92 Å². The van der Waals surface area contributed by atoms with Crippen molar-refractivity contribution < 1.29 is 9.84 Å². The van der Waals surface area contributed by atoms with Gasteiger partial charge in [0.1, 0.15) is 6.10 Å². The molecule has 2 nitrogen and oxygen atoms in total. The summed E-state index contributed by atoms with van der Waals surface area (Å²) in [6.07, 6.45) is -0.102. The molecule has 2 atom stereocenters. The van der Waals surface area contributed by atoms with Crippen molar-refractivity contribution in [2.24, 2.45) is 0 Å². The van der Waals surface area contributed by atoms with Gasteiger partial charge < -0.3 is 9.84 Å². The highest BCUT2D eigenvalue weighted by molar-refractivity contribution is 4.71. The van der Waals surface area contributed by atoms with E-state index in [9.17, 15) is 0 Å². The van der Waals surface area contributed by atoms with Gasteiger partial charge in [0.05, 0.1) is 12.7 Å². The Balaban J connectivity index is 2.20. The molecule has 0 aromatic rings. The Morgan fingerprint density at radius 2 is 2.33 bits per heavy atom. The minimum absolute atomic E-state index is 0.0880. The van der Waals surface area contributed by atoms with Gasteiger partial charge in [-0.1, -0.05) is 0 Å². The largest absolute Gasteiger partial charge is 0.388 e. The van der Waals surface area contributed by atoms with Gasteiger partial charge in [0.25, 0.3) is 0 Å². The molecule has 0 radical (unpaired) electrons. The first-order valence-electron chi connectivity index (χ1n) is 2.10. The zero-order valence-corrected chi connectivity index (χ0v) is 3.72. The summed E-state index contributed by atoms with van der Waals surface area (Å²) in [6.45, 7) is 2.38. The van der Waals surface area contributed by atoms with Crippen molar-refractivity contribution in [3.8, 4) is 0 Å². The zero-order chi connectivity index (χ0) is 4.57. The zero-order valence-electron chi connectivity index (χ0n) is 3.72. The summed E-state index contributed by atoms with van der Waals surface area (Å²) in [4.78, 5) is 0. The molecule has 1 heterocycles. The van der Waals surface area contributed by atoms with Crippen LogP contribution in [0, 0.1) is 0 Å². The third-order valence-corrected chi connectivity index (χ3v) is 1.07. The van der Waals surface area contributed by atoms with E-state index in [4.69, 9.17) is 9.84 Å². The Hall–Kier alpha value is -0.0800. The maximum Gasteiger partial charge on any atom is 0.103 e. The number of rotatable bonds is 0. The van der Waals surface area contributed by atoms with Crippen LogP contribution in [-0.4, -0.2) is 23.9 Å². The van der Waals surface area contributed by atoms with Crippen LogP contribution in [0.1, 0.15) is 6.92 Å². The first kappa shape index (κ1) is 4.09. The standard InChI is InChI=1S/C4H8O2/c1-3-4(5)2-6-3/h3-5H,2H2,1H3/t3-,4+/m0/s1. The van der Waals surface area contributed by atoms with Crippen LogP contribution in [0.4, 0.5) is 0 Å². The molecule has 36 valence electrons. The van der Waals surface area contributed by atoms with E-state index < -0.39 is 0 Å². The minimum atomic E-state index is -0.190. The fourth-order valence-electron chi connectivity index (χ4n) is 0.375. The predicted molar refractivity (Wildman–Crippen MR) is 21.4 cm³/mol. The van der Waals surface area contributed by atoms with E-state index in [0.29, 0.717) is 6.61 Å². The van der Waals surface area contributed by atoms with Gasteiger partial charge in [-0.05, 0) is 6.92 Å². The lowest BCUT2D eigenvalue weighted by molar-refractivity contribution is -0.152. The van der Waals surface area contributed by atoms with Crippen molar-refractivity contribution in [2.45, 2.75) is 19.1 Å². The number of aliphatic hydroxyl groups is 1. The SMILES string of the molecule is C[C@@H]1OC[C@H]1O. The number of hydrogen-bond donors (Lipinski definition) is 1. The first-order chi connectivity index (χ1) is 2.80. The van der Waals surface area contributed by atoms with E-state index in [-0.39, 0.29) is 12.2 Å². The van der Waals surface area contributed by atoms with Crippen molar-refractivity contribution in [3.05, 3.63) is 0 Å². The van der Waals surface area contributed by atoms with Gasteiger partial charge in [0.15, 0.2) is 0 Å². The van der Waals surface area contributed by atoms with Crippen molar-refractivity contribution in [1.29, 1.82) is 0 Å². The van der Waals surface area contributed by atoms with Crippen molar-refractivity contribution in [2.75, 3.05) is 6.61 Å². The monoisotopic (exact) mass is 88.1 g/mol. The summed E-state index contributed by atoms with van der Waals surface area (Å²) in [5.74, 6) is 0. The highest BCUT2D eigenvalue weighted by Crippen LogP contribution is 2.09. The Bertz CT molecular complexity index is 45.5. The van der Waals surface area contributed by atoms with Crippen LogP contribution in [0.3, 0.4) is 0 Å². The molecule has 0 unspecified atom stereocenters. The van der Waals surface area contributed by atoms with Crippen molar-refractivity contribution in [3.63, 3.8) is 0 Å². The normalized spacial score (nSPS) is 45.0. The average Bonchev–Trinajstić information content (AvgIpc) is 1.61. The molecule has 0 amide bonds. The molecule has 1 rings (SSSR count). The molecule has 1 fully saturated rings. The minimum Gasteiger partial charge on any atom is -0.388 e. The summed E-state index contributed by atoms with van der Waals surface area (Å²) >= 11 is 0. The van der Waals surface area contributed by atoms with E-state index >= 15 is 0 Å². The predicted octanol–water partition coefficient (Wildman–Crippen LogP) is -0.234. The van der Waals surface area contributed by atoms with Gasteiger partial charge in [0, 0.05) is 0 Å². The van der Waals surface area contributed by atoms with Gasteiger partial charge in [0.2, 0.25) is 0 Å². The summed E-state index contributed by atoms with van der Waals surface area (Å²) in [6, 6.07) is 0. The molecular weight excluding hydrogens is 80.0 g/mol. The second kappa shape index (κ2) is 1.21.